The predicted octanol–water partition coefficient (Wildman–Crippen LogP) is 0.00100. The Labute approximate surface area is 270 Å². The van der Waals surface area contributed by atoms with Crippen LogP contribution in [0.5, 0.6) is 0 Å². The first-order valence-corrected chi connectivity index (χ1v) is 13.1. The van der Waals surface area contributed by atoms with Gasteiger partial charge < -0.3 is 47.4 Å². The van der Waals surface area contributed by atoms with E-state index in [4.69, 9.17) is 57.0 Å². The molecule has 0 bridgehead atoms. The molecule has 0 radical (unpaired) electrons. The van der Waals surface area contributed by atoms with Crippen molar-refractivity contribution in [3.63, 3.8) is 0 Å². The minimum atomic E-state index is -2.09. The van der Waals surface area contributed by atoms with Crippen molar-refractivity contribution in [2.75, 3.05) is 13.2 Å². The van der Waals surface area contributed by atoms with Crippen LogP contribution in [0, 0.1) is 0 Å². The summed E-state index contributed by atoms with van der Waals surface area (Å²) in [5.74, 6) is -8.34. The summed E-state index contributed by atoms with van der Waals surface area (Å²) in [6.45, 7) is -8.25. The number of hydrogen-bond acceptors (Lipinski definition) is 17. The van der Waals surface area contributed by atoms with Gasteiger partial charge in [0.05, 0.1) is 0 Å². The Kier molecular flexibility index (Phi) is 10.2. The van der Waals surface area contributed by atoms with Crippen LogP contribution in [0.3, 0.4) is 0 Å². The monoisotopic (exact) mass is 705 g/mol. The smallest absolute Gasteiger partial charge is 0.303 e. The molecule has 2 rings (SSSR count). The highest BCUT2D eigenvalue weighted by Gasteiger charge is 2.57. The van der Waals surface area contributed by atoms with Crippen LogP contribution in [0.1, 0.15) is 57.9 Å². The topological polar surface area (TPSA) is 212 Å². The number of halogens is 1. The largest absolute Gasteiger partial charge is 0.463 e. The van der Waals surface area contributed by atoms with Crippen LogP contribution in [0.2, 0.25) is 0 Å². The van der Waals surface area contributed by atoms with Crippen molar-refractivity contribution in [3.8, 4) is 0 Å². The van der Waals surface area contributed by atoms with Gasteiger partial charge in [-0.3, -0.25) is 33.6 Å². The van der Waals surface area contributed by atoms with Crippen LogP contribution < -0.4 is 0 Å². The molecular formula is C26H35BrO17. The molecule has 0 aromatic carbocycles. The van der Waals surface area contributed by atoms with Gasteiger partial charge in [0.25, 0.3) is 0 Å². The van der Waals surface area contributed by atoms with E-state index >= 15 is 0 Å². The summed E-state index contributed by atoms with van der Waals surface area (Å²) in [6, 6.07) is 0. The Morgan fingerprint density at radius 1 is 0.523 bits per heavy atom. The van der Waals surface area contributed by atoms with Gasteiger partial charge in [0.1, 0.15) is 31.5 Å². The van der Waals surface area contributed by atoms with Crippen LogP contribution >= 0.6 is 15.9 Å². The van der Waals surface area contributed by atoms with Gasteiger partial charge in [0.15, 0.2) is 41.8 Å². The van der Waals surface area contributed by atoms with Crippen LogP contribution in [0.15, 0.2) is 0 Å². The van der Waals surface area contributed by atoms with Gasteiger partial charge in [0, 0.05) is 57.9 Å². The molecule has 248 valence electrons. The summed E-state index contributed by atoms with van der Waals surface area (Å²) in [5.41, 5.74) is 0. The van der Waals surface area contributed by atoms with Gasteiger partial charge in [0.2, 0.25) is 0 Å². The molecule has 0 aromatic rings. The summed E-state index contributed by atoms with van der Waals surface area (Å²) in [4.78, 5) is 85.8. The number of carbonyl (C=O) groups excluding carboxylic acids is 7. The Morgan fingerprint density at radius 2 is 0.909 bits per heavy atom. The first-order chi connectivity index (χ1) is 24.3. The molecule has 0 saturated carbocycles. The van der Waals surface area contributed by atoms with Crippen molar-refractivity contribution >= 4 is 57.7 Å². The van der Waals surface area contributed by atoms with Gasteiger partial charge in [-0.05, 0) is 0 Å². The lowest BCUT2D eigenvalue weighted by Crippen LogP contribution is -2.66. The molecule has 2 saturated heterocycles. The summed E-state index contributed by atoms with van der Waals surface area (Å²) < 4.78 is 106. The highest BCUT2D eigenvalue weighted by Crippen LogP contribution is 2.36. The van der Waals surface area contributed by atoms with Crippen molar-refractivity contribution in [1.82, 2.24) is 0 Å². The Bertz CT molecular complexity index is 1230. The molecule has 1 unspecified atom stereocenters. The number of alkyl halides is 1. The standard InChI is InChI=1S/C26H35BrO17/c1-10(28)35-8-17-20(21(38-13(4)31)23(25(27)42-17)40-15(6)33)44-26-24(41-16(7)34)22(39-14(5)32)19(37-12(3)30)18(43-26)9-36-11(2)29/h17-26H,8-9H2,1-7H3/t17-,18-,19+,20-,21+,22+,23-,24-,25?,26+/m1/s1/i1D,2D,3D,4D,5D,6D,7D. The fraction of sp³-hybridized carbons (Fsp3) is 0.731. The van der Waals surface area contributed by atoms with E-state index in [0.717, 1.165) is 0 Å². The van der Waals surface area contributed by atoms with E-state index in [1.165, 1.54) is 0 Å². The molecule has 2 aliphatic heterocycles. The Hall–Kier alpha value is -3.35. The molecule has 2 aliphatic rings. The van der Waals surface area contributed by atoms with Crippen molar-refractivity contribution < 1.29 is 90.5 Å². The molecule has 0 spiro atoms. The fourth-order valence-electron chi connectivity index (χ4n) is 4.21. The summed E-state index contributed by atoms with van der Waals surface area (Å²) in [7, 11) is 0. The Morgan fingerprint density at radius 3 is 1.39 bits per heavy atom. The normalized spacial score (nSPS) is 33.5. The zero-order valence-electron chi connectivity index (χ0n) is 30.0. The maximum Gasteiger partial charge on any atom is 0.303 e. The van der Waals surface area contributed by atoms with Gasteiger partial charge in [-0.15, -0.1) is 0 Å². The Balaban J connectivity index is 2.77. The third-order valence-electron chi connectivity index (χ3n) is 5.61. The van der Waals surface area contributed by atoms with E-state index in [0.29, 0.717) is 0 Å². The van der Waals surface area contributed by atoms with Crippen molar-refractivity contribution in [2.24, 2.45) is 0 Å². The second-order valence-corrected chi connectivity index (χ2v) is 9.71. The van der Waals surface area contributed by atoms with Gasteiger partial charge in [-0.1, -0.05) is 15.9 Å². The lowest BCUT2D eigenvalue weighted by Gasteiger charge is -2.48. The van der Waals surface area contributed by atoms with Crippen LogP contribution in [0.25, 0.3) is 0 Å². The van der Waals surface area contributed by atoms with E-state index < -0.39 is 163 Å². The molecule has 0 amide bonds. The third kappa shape index (κ3) is 11.0. The molecule has 2 fully saturated rings. The lowest BCUT2D eigenvalue weighted by molar-refractivity contribution is -0.341. The molecule has 0 aromatic heterocycles. The average Bonchev–Trinajstić information content (AvgIpc) is 3.13. The second-order valence-electron chi connectivity index (χ2n) is 8.81. The quantitative estimate of drug-likeness (QED) is 0.157. The predicted molar refractivity (Wildman–Crippen MR) is 142 cm³/mol. The molecule has 18 heteroatoms. The highest BCUT2D eigenvalue weighted by atomic mass is 79.9. The number of ether oxygens (including phenoxy) is 10. The maximum atomic E-state index is 12.5. The van der Waals surface area contributed by atoms with E-state index in [1.54, 1.807) is 0 Å². The van der Waals surface area contributed by atoms with E-state index in [1.807, 2.05) is 0 Å². The number of hydrogen-bond donors (Lipinski definition) is 0. The van der Waals surface area contributed by atoms with Crippen molar-refractivity contribution in [3.05, 3.63) is 0 Å². The van der Waals surface area contributed by atoms with Gasteiger partial charge in [-0.25, -0.2) is 0 Å². The SMILES string of the molecule is [2H]CC(=O)OC[C@H]1O[C@@H](O[C@H]2[C@H](OC(=O)C[2H])[C@@H](OC(=O)C[2H])C(Br)O[C@@H]2COC(=O)C[2H])[C@H](OC(=O)C[2H])[C@@H](OC(=O)C[2H])[C@H]1OC(=O)C[2H]. The van der Waals surface area contributed by atoms with Crippen LogP contribution in [-0.2, 0) is 80.9 Å². The minimum Gasteiger partial charge on any atom is -0.463 e. The first kappa shape index (κ1) is 27.0. The fourth-order valence-corrected chi connectivity index (χ4v) is 4.90. The number of carbonyl (C=O) groups is 7. The maximum absolute atomic E-state index is 12.5. The van der Waals surface area contributed by atoms with E-state index in [2.05, 4.69) is 15.9 Å². The number of esters is 7. The molecule has 17 nitrogen and oxygen atoms in total. The highest BCUT2D eigenvalue weighted by molar-refractivity contribution is 9.09. The van der Waals surface area contributed by atoms with Crippen molar-refractivity contribution in [1.29, 1.82) is 0 Å². The first-order valence-electron chi connectivity index (χ1n) is 17.2. The zero-order chi connectivity index (χ0) is 38.2. The van der Waals surface area contributed by atoms with Crippen LogP contribution in [-0.4, -0.2) is 115 Å². The molecule has 0 N–H and O–H groups in total. The molecule has 44 heavy (non-hydrogen) atoms. The molecule has 2 heterocycles. The molecule has 0 aliphatic carbocycles. The average molecular weight is 706 g/mol. The molecular weight excluding hydrogens is 664 g/mol. The van der Waals surface area contributed by atoms with Crippen LogP contribution in [0.4, 0.5) is 0 Å². The lowest BCUT2D eigenvalue weighted by atomic mass is 9.96. The van der Waals surface area contributed by atoms with Gasteiger partial charge in [-0.2, -0.15) is 0 Å². The summed E-state index contributed by atoms with van der Waals surface area (Å²) >= 11 is 3.11. The second kappa shape index (κ2) is 16.6. The van der Waals surface area contributed by atoms with Crippen molar-refractivity contribution in [2.45, 2.75) is 108 Å². The van der Waals surface area contributed by atoms with Gasteiger partial charge >= 0.3 is 41.8 Å². The molecule has 10 atom stereocenters. The van der Waals surface area contributed by atoms with E-state index in [9.17, 15) is 33.6 Å². The zero-order valence-corrected chi connectivity index (χ0v) is 24.5. The number of rotatable bonds is 11. The third-order valence-corrected chi connectivity index (χ3v) is 6.35. The summed E-state index contributed by atoms with van der Waals surface area (Å²) in [6.07, 6.45) is -16.5. The summed E-state index contributed by atoms with van der Waals surface area (Å²) in [5, 5.41) is -1.36. The minimum absolute atomic E-state index is 0.742. The van der Waals surface area contributed by atoms with E-state index in [-0.39, 0.29) is 0 Å².